The summed E-state index contributed by atoms with van der Waals surface area (Å²) >= 11 is 0. The van der Waals surface area contributed by atoms with Crippen LogP contribution in [0.3, 0.4) is 0 Å². The molecule has 0 aromatic rings. The number of ether oxygens (including phenoxy) is 4. The van der Waals surface area contributed by atoms with Crippen molar-refractivity contribution in [2.24, 2.45) is 0 Å². The molecule has 0 aliphatic carbocycles. The molecule has 0 aliphatic rings. The van der Waals surface area contributed by atoms with E-state index in [0.717, 1.165) is 38.5 Å². The molecular formula is C23H40N2O7. The molecule has 9 nitrogen and oxygen atoms in total. The van der Waals surface area contributed by atoms with Gasteiger partial charge >= 0.3 is 18.0 Å². The van der Waals surface area contributed by atoms with Crippen molar-refractivity contribution in [1.29, 1.82) is 0 Å². The zero-order valence-corrected chi connectivity index (χ0v) is 19.7. The summed E-state index contributed by atoms with van der Waals surface area (Å²) in [5.41, 5.74) is 0.634. The second-order valence-corrected chi connectivity index (χ2v) is 7.06. The molecule has 0 aromatic heterocycles. The highest BCUT2D eigenvalue weighted by Gasteiger charge is 2.08. The summed E-state index contributed by atoms with van der Waals surface area (Å²) in [7, 11) is 0. The Morgan fingerprint density at radius 1 is 0.656 bits per heavy atom. The molecule has 0 radical (unpaired) electrons. The first kappa shape index (κ1) is 29.6. The highest BCUT2D eigenvalue weighted by molar-refractivity contribution is 5.88. The molecule has 0 saturated carbocycles. The first-order chi connectivity index (χ1) is 15.4. The van der Waals surface area contributed by atoms with Gasteiger partial charge in [-0.3, -0.25) is 0 Å². The lowest BCUT2D eigenvalue weighted by molar-refractivity contribution is -0.140. The quantitative estimate of drug-likeness (QED) is 0.165. The van der Waals surface area contributed by atoms with E-state index in [2.05, 4.69) is 23.8 Å². The number of unbranched alkanes of at least 4 members (excludes halogenated alkanes) is 4. The minimum absolute atomic E-state index is 0.172. The molecule has 2 amide bonds. The van der Waals surface area contributed by atoms with Crippen molar-refractivity contribution >= 4 is 18.0 Å². The Balaban J connectivity index is 3.42. The van der Waals surface area contributed by atoms with Gasteiger partial charge in [0.2, 0.25) is 0 Å². The number of rotatable bonds is 20. The summed E-state index contributed by atoms with van der Waals surface area (Å²) in [4.78, 5) is 34.4. The highest BCUT2D eigenvalue weighted by Crippen LogP contribution is 2.01. The van der Waals surface area contributed by atoms with Crippen LogP contribution in [-0.4, -0.2) is 70.7 Å². The lowest BCUT2D eigenvalue weighted by Gasteiger charge is -2.09. The average molecular weight is 457 g/mol. The van der Waals surface area contributed by atoms with Crippen molar-refractivity contribution < 1.29 is 33.3 Å². The predicted octanol–water partition coefficient (Wildman–Crippen LogP) is 2.90. The lowest BCUT2D eigenvalue weighted by atomic mass is 10.2. The van der Waals surface area contributed by atoms with E-state index in [-0.39, 0.29) is 19.2 Å². The summed E-state index contributed by atoms with van der Waals surface area (Å²) in [5.74, 6) is -0.846. The van der Waals surface area contributed by atoms with Crippen LogP contribution in [0.25, 0.3) is 0 Å². The topological polar surface area (TPSA) is 112 Å². The molecule has 2 N–H and O–H groups in total. The fraction of sp³-hybridized carbons (Fsp3) is 0.696. The van der Waals surface area contributed by atoms with Crippen LogP contribution in [0.15, 0.2) is 24.3 Å². The number of amides is 2. The van der Waals surface area contributed by atoms with Crippen molar-refractivity contribution in [3.05, 3.63) is 24.3 Å². The molecular weight excluding hydrogens is 416 g/mol. The molecule has 0 atom stereocenters. The number of carbonyl (C=O) groups excluding carboxylic acids is 3. The summed E-state index contributed by atoms with van der Waals surface area (Å²) in [6.45, 7) is 14.0. The van der Waals surface area contributed by atoms with Crippen molar-refractivity contribution in [1.82, 2.24) is 10.6 Å². The van der Waals surface area contributed by atoms with Gasteiger partial charge in [-0.1, -0.05) is 13.2 Å². The standard InChI is InChI=1S/C23H40N2O7/c1-5-31-21(26)19(3)17-29-15-11-7-9-13-24-23(28)25-14-10-8-12-16-30-18-20(4)22(27)32-6-2/h3-18H2,1-2H3,(H2,24,25,28). The summed E-state index contributed by atoms with van der Waals surface area (Å²) in [6.07, 6.45) is 5.21. The lowest BCUT2D eigenvalue weighted by Crippen LogP contribution is -2.36. The first-order valence-corrected chi connectivity index (χ1v) is 11.3. The number of carbonyl (C=O) groups is 3. The van der Waals surface area contributed by atoms with Crippen LogP contribution in [0.5, 0.6) is 0 Å². The van der Waals surface area contributed by atoms with E-state index in [1.165, 1.54) is 0 Å². The summed E-state index contributed by atoms with van der Waals surface area (Å²) in [5, 5.41) is 5.64. The predicted molar refractivity (Wildman–Crippen MR) is 122 cm³/mol. The van der Waals surface area contributed by atoms with Crippen LogP contribution < -0.4 is 10.6 Å². The van der Waals surface area contributed by atoms with E-state index >= 15 is 0 Å². The van der Waals surface area contributed by atoms with Gasteiger partial charge in [-0.05, 0) is 52.4 Å². The van der Waals surface area contributed by atoms with E-state index in [9.17, 15) is 14.4 Å². The third-order valence-corrected chi connectivity index (χ3v) is 4.18. The fourth-order valence-electron chi connectivity index (χ4n) is 2.45. The third-order valence-electron chi connectivity index (χ3n) is 4.18. The van der Waals surface area contributed by atoms with Crippen LogP contribution in [0.1, 0.15) is 52.4 Å². The van der Waals surface area contributed by atoms with E-state index in [1.807, 2.05) is 0 Å². The third kappa shape index (κ3) is 17.3. The Morgan fingerprint density at radius 3 is 1.44 bits per heavy atom. The Labute approximate surface area is 191 Å². The average Bonchev–Trinajstić information content (AvgIpc) is 2.77. The number of hydrogen-bond acceptors (Lipinski definition) is 7. The Bertz CT molecular complexity index is 531. The van der Waals surface area contributed by atoms with Gasteiger partial charge in [-0.2, -0.15) is 0 Å². The minimum atomic E-state index is -0.423. The summed E-state index contributed by atoms with van der Waals surface area (Å²) < 4.78 is 20.4. The van der Waals surface area contributed by atoms with Crippen molar-refractivity contribution in [3.8, 4) is 0 Å². The SMILES string of the molecule is C=C(COCCCCCNC(=O)NCCCCCOCC(=C)C(=O)OCC)C(=O)OCC. The van der Waals surface area contributed by atoms with Gasteiger partial charge in [0.1, 0.15) is 0 Å². The smallest absolute Gasteiger partial charge is 0.335 e. The van der Waals surface area contributed by atoms with Gasteiger partial charge in [0, 0.05) is 26.3 Å². The second-order valence-electron chi connectivity index (χ2n) is 7.06. The molecule has 0 aromatic carbocycles. The number of hydrogen-bond donors (Lipinski definition) is 2. The van der Waals surface area contributed by atoms with Crippen molar-refractivity contribution in [3.63, 3.8) is 0 Å². The molecule has 0 saturated heterocycles. The first-order valence-electron chi connectivity index (χ1n) is 11.3. The van der Waals surface area contributed by atoms with Crippen LogP contribution in [-0.2, 0) is 28.5 Å². The van der Waals surface area contributed by atoms with E-state index in [0.29, 0.717) is 50.7 Å². The zero-order chi connectivity index (χ0) is 24.0. The van der Waals surface area contributed by atoms with E-state index in [4.69, 9.17) is 18.9 Å². The molecule has 32 heavy (non-hydrogen) atoms. The van der Waals surface area contributed by atoms with Gasteiger partial charge in [-0.15, -0.1) is 0 Å². The van der Waals surface area contributed by atoms with Crippen molar-refractivity contribution in [2.45, 2.75) is 52.4 Å². The van der Waals surface area contributed by atoms with Crippen LogP contribution >= 0.6 is 0 Å². The zero-order valence-electron chi connectivity index (χ0n) is 19.7. The maximum absolute atomic E-state index is 11.7. The van der Waals surface area contributed by atoms with E-state index < -0.39 is 11.9 Å². The molecule has 0 unspecified atom stereocenters. The van der Waals surface area contributed by atoms with Crippen molar-refractivity contribution in [2.75, 3.05) is 52.7 Å². The fourth-order valence-corrected chi connectivity index (χ4v) is 2.45. The van der Waals surface area contributed by atoms with Crippen LogP contribution in [0.2, 0.25) is 0 Å². The normalized spacial score (nSPS) is 10.3. The Morgan fingerprint density at radius 2 is 1.06 bits per heavy atom. The maximum atomic E-state index is 11.7. The Hall–Kier alpha value is -2.39. The number of urea groups is 1. The largest absolute Gasteiger partial charge is 0.463 e. The molecule has 0 rings (SSSR count). The molecule has 9 heteroatoms. The van der Waals surface area contributed by atoms with Gasteiger partial charge in [-0.25, -0.2) is 14.4 Å². The van der Waals surface area contributed by atoms with Crippen LogP contribution in [0, 0.1) is 0 Å². The van der Waals surface area contributed by atoms with Gasteiger partial charge < -0.3 is 29.6 Å². The minimum Gasteiger partial charge on any atom is -0.463 e. The second kappa shape index (κ2) is 20.5. The molecule has 0 aliphatic heterocycles. The Kier molecular flexibility index (Phi) is 19.0. The molecule has 0 spiro atoms. The number of esters is 2. The molecule has 0 fully saturated rings. The molecule has 0 heterocycles. The van der Waals surface area contributed by atoms with Gasteiger partial charge in [0.05, 0.1) is 37.6 Å². The van der Waals surface area contributed by atoms with Gasteiger partial charge in [0.15, 0.2) is 0 Å². The van der Waals surface area contributed by atoms with E-state index in [1.54, 1.807) is 13.8 Å². The molecule has 0 bridgehead atoms. The highest BCUT2D eigenvalue weighted by atomic mass is 16.5. The molecule has 184 valence electrons. The van der Waals surface area contributed by atoms with Gasteiger partial charge in [0.25, 0.3) is 0 Å². The summed E-state index contributed by atoms with van der Waals surface area (Å²) in [6, 6.07) is -0.172. The van der Waals surface area contributed by atoms with Crippen LogP contribution in [0.4, 0.5) is 4.79 Å². The maximum Gasteiger partial charge on any atom is 0.335 e. The monoisotopic (exact) mass is 456 g/mol. The number of nitrogens with one attached hydrogen (secondary N) is 2.